The summed E-state index contributed by atoms with van der Waals surface area (Å²) in [6.45, 7) is 14.9. The maximum atomic E-state index is 2.38. The number of nitrogens with zero attached hydrogens (tertiary/aromatic N) is 1. The molecule has 0 fully saturated rings. The summed E-state index contributed by atoms with van der Waals surface area (Å²) in [6, 6.07) is 0. The number of unbranched alkanes of at least 4 members (excludes halogenated alkanes) is 3. The first-order valence-corrected chi connectivity index (χ1v) is 7.09. The summed E-state index contributed by atoms with van der Waals surface area (Å²) in [5.74, 6) is 0. The first kappa shape index (κ1) is 18.4. The molecule has 0 heterocycles. The van der Waals surface area contributed by atoms with Crippen LogP contribution in [0.25, 0.3) is 0 Å². The van der Waals surface area contributed by atoms with Crippen LogP contribution in [-0.4, -0.2) is 39.1 Å². The fraction of sp³-hybridized carbons (Fsp3) is 1.00. The molecule has 0 saturated carbocycles. The second-order valence-corrected chi connectivity index (χ2v) is 4.89. The molecule has 0 amide bonds. The summed E-state index contributed by atoms with van der Waals surface area (Å²) < 4.78 is 1.38. The Morgan fingerprint density at radius 3 is 1.12 bits per heavy atom. The highest BCUT2D eigenvalue weighted by Gasteiger charge is 2.22. The van der Waals surface area contributed by atoms with Gasteiger partial charge < -0.3 is 4.48 Å². The van der Waals surface area contributed by atoms with Crippen LogP contribution >= 0.6 is 0 Å². The molecule has 0 aliphatic rings. The highest BCUT2D eigenvalue weighted by atomic mass is 15.3. The molecule has 0 aliphatic carbocycles. The third-order valence-corrected chi connectivity index (χ3v) is 3.63. The van der Waals surface area contributed by atoms with Gasteiger partial charge in [0, 0.05) is 0 Å². The summed E-state index contributed by atoms with van der Waals surface area (Å²) in [4.78, 5) is 0. The van der Waals surface area contributed by atoms with Gasteiger partial charge in [-0.1, -0.05) is 48.4 Å². The largest absolute Gasteiger partial charge is 0.324 e. The zero-order valence-corrected chi connectivity index (χ0v) is 11.5. The Labute approximate surface area is 106 Å². The predicted octanol–water partition coefficient (Wildman–Crippen LogP) is 2.77. The molecule has 0 aromatic heterocycles. The van der Waals surface area contributed by atoms with E-state index < -0.39 is 0 Å². The van der Waals surface area contributed by atoms with Crippen LogP contribution in [0.4, 0.5) is 0 Å². The van der Waals surface area contributed by atoms with E-state index in [1.54, 1.807) is 0 Å². The Kier molecular flexibility index (Phi) is 13.2. The average molecular weight is 229 g/mol. The lowest BCUT2D eigenvalue weighted by molar-refractivity contribution is -0.927. The van der Waals surface area contributed by atoms with Crippen molar-refractivity contribution in [1.82, 2.24) is 0 Å². The molecule has 0 atom stereocenters. The Morgan fingerprint density at radius 2 is 0.938 bits per heavy atom. The van der Waals surface area contributed by atoms with Crippen molar-refractivity contribution in [1.29, 1.82) is 0 Å². The first-order chi connectivity index (χ1) is 7.24. The van der Waals surface area contributed by atoms with Crippen molar-refractivity contribution in [3.8, 4) is 0 Å². The van der Waals surface area contributed by atoms with Crippen molar-refractivity contribution < 1.29 is 4.48 Å². The van der Waals surface area contributed by atoms with Gasteiger partial charge >= 0.3 is 0 Å². The zero-order chi connectivity index (χ0) is 11.6. The molecule has 16 heavy (non-hydrogen) atoms. The van der Waals surface area contributed by atoms with Gasteiger partial charge in [-0.25, -0.2) is 0 Å². The first-order valence-electron chi connectivity index (χ1n) is 7.09. The van der Waals surface area contributed by atoms with E-state index in [1.165, 1.54) is 69.2 Å². The molecule has 0 saturated heterocycles. The van der Waals surface area contributed by atoms with Crippen LogP contribution in [0.1, 0.15) is 66.2 Å². The van der Waals surface area contributed by atoms with Gasteiger partial charge in [0.15, 0.2) is 0 Å². The van der Waals surface area contributed by atoms with Gasteiger partial charge in [-0.15, -0.1) is 0 Å². The van der Waals surface area contributed by atoms with Crippen LogP contribution in [0.5, 0.6) is 0 Å². The Bertz CT molecular complexity index is 115. The molecule has 0 spiro atoms. The van der Waals surface area contributed by atoms with Crippen LogP contribution < -0.4 is 0 Å². The third-order valence-electron chi connectivity index (χ3n) is 3.63. The Balaban J connectivity index is 0. The molecule has 0 aromatic carbocycles. The topological polar surface area (TPSA) is 0 Å². The molecule has 0 aliphatic heterocycles. The minimum Gasteiger partial charge on any atom is -0.324 e. The van der Waals surface area contributed by atoms with Crippen LogP contribution in [0.2, 0.25) is 0 Å². The zero-order valence-electron chi connectivity index (χ0n) is 11.5. The van der Waals surface area contributed by atoms with E-state index in [2.05, 4.69) is 27.7 Å². The molecule has 0 radical (unpaired) electrons. The number of rotatable bonds is 10. The SMILES string of the molecule is CCCC[N+](CC)(CCCC)CCCC.[BH4-]. The van der Waals surface area contributed by atoms with Crippen molar-refractivity contribution in [2.24, 2.45) is 0 Å². The molecular formula is C14H36BN. The van der Waals surface area contributed by atoms with E-state index in [9.17, 15) is 0 Å². The highest BCUT2D eigenvalue weighted by Crippen LogP contribution is 2.14. The van der Waals surface area contributed by atoms with Crippen LogP contribution in [0.15, 0.2) is 0 Å². The third kappa shape index (κ3) is 7.32. The monoisotopic (exact) mass is 229 g/mol. The van der Waals surface area contributed by atoms with Crippen molar-refractivity contribution in [2.75, 3.05) is 26.2 Å². The van der Waals surface area contributed by atoms with Gasteiger partial charge in [-0.3, -0.25) is 0 Å². The lowest BCUT2D eigenvalue weighted by Crippen LogP contribution is -2.49. The summed E-state index contributed by atoms with van der Waals surface area (Å²) in [5, 5.41) is 0. The maximum Gasteiger partial charge on any atom is 0.0786 e. The van der Waals surface area contributed by atoms with E-state index in [-0.39, 0.29) is 8.41 Å². The molecular weight excluding hydrogens is 193 g/mol. The number of hydrogen-bond donors (Lipinski definition) is 0. The minimum atomic E-state index is 0. The smallest absolute Gasteiger partial charge is 0.0786 e. The van der Waals surface area contributed by atoms with Gasteiger partial charge in [0.1, 0.15) is 0 Å². The maximum absolute atomic E-state index is 2.38. The Hall–Kier alpha value is 0.0249. The van der Waals surface area contributed by atoms with E-state index in [0.717, 1.165) is 0 Å². The van der Waals surface area contributed by atoms with Crippen LogP contribution in [0.3, 0.4) is 0 Å². The normalized spacial score (nSPS) is 11.2. The fourth-order valence-corrected chi connectivity index (χ4v) is 2.29. The minimum absolute atomic E-state index is 0. The van der Waals surface area contributed by atoms with Crippen molar-refractivity contribution in [2.45, 2.75) is 66.2 Å². The summed E-state index contributed by atoms with van der Waals surface area (Å²) in [6.07, 6.45) is 8.25. The van der Waals surface area contributed by atoms with Gasteiger partial charge in [-0.05, 0) is 26.2 Å². The average Bonchev–Trinajstić information content (AvgIpc) is 2.29. The molecule has 2 heteroatoms. The van der Waals surface area contributed by atoms with Crippen molar-refractivity contribution >= 4 is 8.41 Å². The van der Waals surface area contributed by atoms with E-state index in [4.69, 9.17) is 0 Å². The summed E-state index contributed by atoms with van der Waals surface area (Å²) in [7, 11) is 0. The second-order valence-electron chi connectivity index (χ2n) is 4.89. The van der Waals surface area contributed by atoms with E-state index in [1.807, 2.05) is 0 Å². The van der Waals surface area contributed by atoms with E-state index >= 15 is 0 Å². The Morgan fingerprint density at radius 1 is 0.625 bits per heavy atom. The van der Waals surface area contributed by atoms with Crippen LogP contribution in [0, 0.1) is 0 Å². The van der Waals surface area contributed by atoms with Gasteiger partial charge in [0.05, 0.1) is 26.2 Å². The summed E-state index contributed by atoms with van der Waals surface area (Å²) in [5.41, 5.74) is 0. The second kappa shape index (κ2) is 11.5. The van der Waals surface area contributed by atoms with Crippen molar-refractivity contribution in [3.05, 3.63) is 0 Å². The molecule has 1 nitrogen and oxygen atoms in total. The van der Waals surface area contributed by atoms with Gasteiger partial charge in [-0.2, -0.15) is 0 Å². The number of hydrogen-bond acceptors (Lipinski definition) is 0. The molecule has 0 bridgehead atoms. The lowest BCUT2D eigenvalue weighted by atomic mass is 10.1. The lowest BCUT2D eigenvalue weighted by Gasteiger charge is -2.38. The predicted molar refractivity (Wildman–Crippen MR) is 81.5 cm³/mol. The summed E-state index contributed by atoms with van der Waals surface area (Å²) >= 11 is 0. The molecule has 0 rings (SSSR count). The quantitative estimate of drug-likeness (QED) is 0.399. The van der Waals surface area contributed by atoms with Crippen LogP contribution in [-0.2, 0) is 0 Å². The van der Waals surface area contributed by atoms with E-state index in [0.29, 0.717) is 0 Å². The molecule has 100 valence electrons. The van der Waals surface area contributed by atoms with Gasteiger partial charge in [0.2, 0.25) is 0 Å². The molecule has 0 aromatic rings. The fourth-order valence-electron chi connectivity index (χ4n) is 2.29. The molecule has 0 unspecified atom stereocenters. The van der Waals surface area contributed by atoms with Crippen molar-refractivity contribution in [3.63, 3.8) is 0 Å². The number of quaternary nitrogens is 1. The highest BCUT2D eigenvalue weighted by molar-refractivity contribution is 5.75. The standard InChI is InChI=1S/C14H32N.BH4/c1-5-9-12-15(8-4,13-10-6-2)14-11-7-3;/h5-14H2,1-4H3;1H4/q+1;-1. The molecule has 0 N–H and O–H groups in total. The van der Waals surface area contributed by atoms with Gasteiger partial charge in [0.25, 0.3) is 0 Å².